The van der Waals surface area contributed by atoms with Crippen LogP contribution in [0.1, 0.15) is 18.1 Å². The van der Waals surface area contributed by atoms with Gasteiger partial charge in [-0.1, -0.05) is 24.3 Å². The minimum atomic E-state index is 1.22. The molecule has 0 aliphatic rings. The molecule has 1 aromatic carbocycles. The third-order valence-electron chi connectivity index (χ3n) is 2.27. The molecule has 1 heteroatoms. The first-order valence-corrected chi connectivity index (χ1v) is 4.51. The summed E-state index contributed by atoms with van der Waals surface area (Å²) in [6.45, 7) is 4.15. The van der Waals surface area contributed by atoms with Crippen molar-refractivity contribution in [2.45, 2.75) is 13.8 Å². The van der Waals surface area contributed by atoms with Crippen molar-refractivity contribution in [1.29, 1.82) is 0 Å². The van der Waals surface area contributed by atoms with Gasteiger partial charge >= 0.3 is 0 Å². The summed E-state index contributed by atoms with van der Waals surface area (Å²) in [5.74, 6) is 0. The zero-order valence-electron chi connectivity index (χ0n) is 7.96. The second kappa shape index (κ2) is 3.09. The van der Waals surface area contributed by atoms with Crippen molar-refractivity contribution in [3.05, 3.63) is 41.6 Å². The fraction of sp³-hybridized carbons (Fsp3) is 0.167. The van der Waals surface area contributed by atoms with E-state index in [-0.39, 0.29) is 0 Å². The summed E-state index contributed by atoms with van der Waals surface area (Å²) in [4.78, 5) is 3.25. The second-order valence-electron chi connectivity index (χ2n) is 3.28. The summed E-state index contributed by atoms with van der Waals surface area (Å²) in [6.07, 6.45) is 6.21. The number of aryl methyl sites for hydroxylation is 1. The topological polar surface area (TPSA) is 15.8 Å². The number of nitrogens with one attached hydrogen (secondary N) is 1. The number of aromatic nitrogens is 1. The number of aromatic amines is 1. The molecule has 2 aromatic rings. The SMILES string of the molecule is C/C=C/c1ccc2c(C)c[nH]c2c1. The van der Waals surface area contributed by atoms with E-state index in [2.05, 4.69) is 42.3 Å². The van der Waals surface area contributed by atoms with E-state index >= 15 is 0 Å². The third-order valence-corrected chi connectivity index (χ3v) is 2.27. The van der Waals surface area contributed by atoms with Gasteiger partial charge in [-0.25, -0.2) is 0 Å². The minimum absolute atomic E-state index is 1.22. The van der Waals surface area contributed by atoms with Crippen molar-refractivity contribution in [2.24, 2.45) is 0 Å². The van der Waals surface area contributed by atoms with E-state index in [1.807, 2.05) is 13.1 Å². The van der Waals surface area contributed by atoms with Gasteiger partial charge < -0.3 is 4.98 Å². The molecule has 0 spiro atoms. The van der Waals surface area contributed by atoms with Crippen LogP contribution in [-0.4, -0.2) is 4.98 Å². The molecule has 1 N–H and O–H groups in total. The minimum Gasteiger partial charge on any atom is -0.361 e. The monoisotopic (exact) mass is 171 g/mol. The van der Waals surface area contributed by atoms with E-state index < -0.39 is 0 Å². The van der Waals surface area contributed by atoms with Gasteiger partial charge in [-0.3, -0.25) is 0 Å². The lowest BCUT2D eigenvalue weighted by Gasteiger charge is -1.94. The Morgan fingerprint density at radius 1 is 1.31 bits per heavy atom. The molecular formula is C12H13N. The molecule has 1 heterocycles. The van der Waals surface area contributed by atoms with Gasteiger partial charge in [0, 0.05) is 17.1 Å². The van der Waals surface area contributed by atoms with Crippen LogP contribution in [0.25, 0.3) is 17.0 Å². The first-order chi connectivity index (χ1) is 6.31. The first kappa shape index (κ1) is 8.11. The number of allylic oxidation sites excluding steroid dienone is 1. The summed E-state index contributed by atoms with van der Waals surface area (Å²) in [7, 11) is 0. The van der Waals surface area contributed by atoms with Crippen molar-refractivity contribution in [1.82, 2.24) is 4.98 Å². The number of H-pyrrole nitrogens is 1. The van der Waals surface area contributed by atoms with E-state index in [0.29, 0.717) is 0 Å². The van der Waals surface area contributed by atoms with Crippen molar-refractivity contribution in [3.8, 4) is 0 Å². The van der Waals surface area contributed by atoms with Crippen molar-refractivity contribution >= 4 is 17.0 Å². The van der Waals surface area contributed by atoms with Gasteiger partial charge in [0.05, 0.1) is 0 Å². The fourth-order valence-electron chi connectivity index (χ4n) is 1.59. The highest BCUT2D eigenvalue weighted by molar-refractivity contribution is 5.84. The molecule has 0 aliphatic heterocycles. The van der Waals surface area contributed by atoms with Gasteiger partial charge in [0.2, 0.25) is 0 Å². The van der Waals surface area contributed by atoms with Crippen LogP contribution in [0.5, 0.6) is 0 Å². The zero-order chi connectivity index (χ0) is 9.26. The summed E-state index contributed by atoms with van der Waals surface area (Å²) >= 11 is 0. The standard InChI is InChI=1S/C12H13N/c1-3-4-10-5-6-11-9(2)8-13-12(11)7-10/h3-8,13H,1-2H3/b4-3+. The van der Waals surface area contributed by atoms with Gasteiger partial charge in [0.1, 0.15) is 0 Å². The van der Waals surface area contributed by atoms with Crippen LogP contribution in [-0.2, 0) is 0 Å². The van der Waals surface area contributed by atoms with Crippen LogP contribution in [0, 0.1) is 6.92 Å². The fourth-order valence-corrected chi connectivity index (χ4v) is 1.59. The number of rotatable bonds is 1. The predicted molar refractivity (Wildman–Crippen MR) is 57.7 cm³/mol. The maximum Gasteiger partial charge on any atom is 0.0462 e. The van der Waals surface area contributed by atoms with Gasteiger partial charge in [-0.15, -0.1) is 0 Å². The molecule has 2 rings (SSSR count). The third kappa shape index (κ3) is 1.37. The molecule has 0 amide bonds. The van der Waals surface area contributed by atoms with Crippen LogP contribution in [0.4, 0.5) is 0 Å². The molecule has 0 saturated heterocycles. The van der Waals surface area contributed by atoms with Gasteiger partial charge in [0.25, 0.3) is 0 Å². The van der Waals surface area contributed by atoms with Gasteiger partial charge in [-0.2, -0.15) is 0 Å². The molecule has 0 saturated carbocycles. The van der Waals surface area contributed by atoms with Gasteiger partial charge in [-0.05, 0) is 31.0 Å². The Bertz CT molecular complexity index is 449. The molecule has 0 aliphatic carbocycles. The summed E-state index contributed by atoms with van der Waals surface area (Å²) in [6, 6.07) is 6.47. The molecule has 0 fully saturated rings. The highest BCUT2D eigenvalue weighted by Gasteiger charge is 1.98. The largest absolute Gasteiger partial charge is 0.361 e. The van der Waals surface area contributed by atoms with E-state index in [1.165, 1.54) is 22.0 Å². The highest BCUT2D eigenvalue weighted by atomic mass is 14.7. The number of hydrogen-bond acceptors (Lipinski definition) is 0. The molecular weight excluding hydrogens is 158 g/mol. The van der Waals surface area contributed by atoms with Crippen LogP contribution >= 0.6 is 0 Å². The van der Waals surface area contributed by atoms with Crippen LogP contribution < -0.4 is 0 Å². The lowest BCUT2D eigenvalue weighted by molar-refractivity contribution is 1.43. The maximum atomic E-state index is 3.25. The second-order valence-corrected chi connectivity index (χ2v) is 3.28. The van der Waals surface area contributed by atoms with Crippen LogP contribution in [0.15, 0.2) is 30.5 Å². The molecule has 0 unspecified atom stereocenters. The lowest BCUT2D eigenvalue weighted by atomic mass is 10.1. The van der Waals surface area contributed by atoms with E-state index in [9.17, 15) is 0 Å². The quantitative estimate of drug-likeness (QED) is 0.675. The Kier molecular flexibility index (Phi) is 1.93. The Morgan fingerprint density at radius 3 is 2.92 bits per heavy atom. The highest BCUT2D eigenvalue weighted by Crippen LogP contribution is 2.19. The maximum absolute atomic E-state index is 3.25. The van der Waals surface area contributed by atoms with Crippen LogP contribution in [0.3, 0.4) is 0 Å². The van der Waals surface area contributed by atoms with Crippen molar-refractivity contribution in [3.63, 3.8) is 0 Å². The Labute approximate surface area is 78.1 Å². The molecule has 1 nitrogen and oxygen atoms in total. The molecule has 0 radical (unpaired) electrons. The number of fused-ring (bicyclic) bond motifs is 1. The first-order valence-electron chi connectivity index (χ1n) is 4.51. The average molecular weight is 171 g/mol. The predicted octanol–water partition coefficient (Wildman–Crippen LogP) is 3.51. The Balaban J connectivity index is 2.63. The molecule has 66 valence electrons. The summed E-state index contributed by atoms with van der Waals surface area (Å²) < 4.78 is 0. The number of benzene rings is 1. The average Bonchev–Trinajstić information content (AvgIpc) is 2.48. The molecule has 13 heavy (non-hydrogen) atoms. The van der Waals surface area contributed by atoms with Crippen molar-refractivity contribution < 1.29 is 0 Å². The number of hydrogen-bond donors (Lipinski definition) is 1. The normalized spacial score (nSPS) is 11.5. The summed E-state index contributed by atoms with van der Waals surface area (Å²) in [5, 5.41) is 1.31. The smallest absolute Gasteiger partial charge is 0.0462 e. The molecule has 0 bridgehead atoms. The van der Waals surface area contributed by atoms with Crippen molar-refractivity contribution in [2.75, 3.05) is 0 Å². The Morgan fingerprint density at radius 2 is 2.15 bits per heavy atom. The molecule has 0 atom stereocenters. The molecule has 1 aromatic heterocycles. The van der Waals surface area contributed by atoms with Crippen LogP contribution in [0.2, 0.25) is 0 Å². The Hall–Kier alpha value is -1.50. The van der Waals surface area contributed by atoms with E-state index in [4.69, 9.17) is 0 Å². The van der Waals surface area contributed by atoms with E-state index in [0.717, 1.165) is 0 Å². The van der Waals surface area contributed by atoms with E-state index in [1.54, 1.807) is 0 Å². The van der Waals surface area contributed by atoms with Gasteiger partial charge in [0.15, 0.2) is 0 Å². The summed E-state index contributed by atoms with van der Waals surface area (Å²) in [5.41, 5.74) is 3.77. The lowest BCUT2D eigenvalue weighted by Crippen LogP contribution is -1.73. The zero-order valence-corrected chi connectivity index (χ0v) is 7.96.